The molecule has 0 amide bonds. The number of benzene rings is 2. The van der Waals surface area contributed by atoms with E-state index in [-0.39, 0.29) is 0 Å². The third-order valence-corrected chi connectivity index (χ3v) is 3.28. The molecule has 0 saturated heterocycles. The Morgan fingerprint density at radius 1 is 0.842 bits per heavy atom. The molecule has 0 fully saturated rings. The van der Waals surface area contributed by atoms with Gasteiger partial charge in [0.1, 0.15) is 16.9 Å². The summed E-state index contributed by atoms with van der Waals surface area (Å²) in [6, 6.07) is 17.9. The van der Waals surface area contributed by atoms with Gasteiger partial charge in [0.25, 0.3) is 0 Å². The van der Waals surface area contributed by atoms with Gasteiger partial charge in [0.2, 0.25) is 0 Å². The Labute approximate surface area is 110 Å². The molecule has 0 radical (unpaired) electrons. The lowest BCUT2D eigenvalue weighted by atomic mass is 10.0. The highest BCUT2D eigenvalue weighted by atomic mass is 16.5. The maximum absolute atomic E-state index is 5.99. The minimum absolute atomic E-state index is 0.846. The number of ether oxygens (including phenoxy) is 1. The van der Waals surface area contributed by atoms with Gasteiger partial charge in [-0.05, 0) is 18.2 Å². The molecule has 1 aliphatic heterocycles. The molecule has 0 bridgehead atoms. The summed E-state index contributed by atoms with van der Waals surface area (Å²) in [6.07, 6.45) is 3.77. The zero-order chi connectivity index (χ0) is 12.7. The van der Waals surface area contributed by atoms with Crippen LogP contribution in [0.2, 0.25) is 0 Å². The maximum Gasteiger partial charge on any atom is 0.364 e. The first-order valence-corrected chi connectivity index (χ1v) is 6.20. The van der Waals surface area contributed by atoms with Gasteiger partial charge in [0.05, 0.1) is 0 Å². The monoisotopic (exact) mass is 247 g/mol. The molecule has 4 rings (SSSR count). The predicted molar refractivity (Wildman–Crippen MR) is 75.6 cm³/mol. The highest BCUT2D eigenvalue weighted by Gasteiger charge is 2.21. The highest BCUT2D eigenvalue weighted by molar-refractivity contribution is 5.99. The normalized spacial score (nSPS) is 12.9. The fourth-order valence-electron chi connectivity index (χ4n) is 2.40. The zero-order valence-corrected chi connectivity index (χ0v) is 10.2. The van der Waals surface area contributed by atoms with Crippen LogP contribution >= 0.6 is 0 Å². The van der Waals surface area contributed by atoms with Crippen LogP contribution in [0.5, 0.6) is 5.75 Å². The molecule has 19 heavy (non-hydrogen) atoms. The highest BCUT2D eigenvalue weighted by Crippen LogP contribution is 2.37. The lowest BCUT2D eigenvalue weighted by Gasteiger charge is -2.16. The topological polar surface area (TPSA) is 20.5 Å². The fraction of sp³-hybridized carbons (Fsp3) is 0. The Kier molecular flexibility index (Phi) is 2.15. The molecule has 0 aliphatic carbocycles. The summed E-state index contributed by atoms with van der Waals surface area (Å²) in [5, 5.41) is 1.03. The van der Waals surface area contributed by atoms with E-state index in [0.717, 1.165) is 33.6 Å². The van der Waals surface area contributed by atoms with Crippen LogP contribution < -0.4 is 4.74 Å². The SMILES string of the molecule is C1=C(c2ccccc2)Oc2cccc3[o+]ccc1c23. The molecule has 0 N–H and O–H groups in total. The van der Waals surface area contributed by atoms with E-state index in [1.54, 1.807) is 6.26 Å². The summed E-state index contributed by atoms with van der Waals surface area (Å²) in [7, 11) is 0. The number of rotatable bonds is 1. The van der Waals surface area contributed by atoms with Gasteiger partial charge in [0, 0.05) is 23.3 Å². The van der Waals surface area contributed by atoms with Crippen molar-refractivity contribution in [3.05, 3.63) is 72.0 Å². The van der Waals surface area contributed by atoms with Crippen molar-refractivity contribution in [2.24, 2.45) is 0 Å². The lowest BCUT2D eigenvalue weighted by Crippen LogP contribution is -2.00. The van der Waals surface area contributed by atoms with Gasteiger partial charge in [-0.25, -0.2) is 4.42 Å². The molecule has 3 aromatic rings. The van der Waals surface area contributed by atoms with E-state index in [0.29, 0.717) is 0 Å². The van der Waals surface area contributed by atoms with E-state index in [4.69, 9.17) is 9.15 Å². The molecule has 2 nitrogen and oxygen atoms in total. The van der Waals surface area contributed by atoms with Gasteiger partial charge in [-0.2, -0.15) is 0 Å². The Balaban J connectivity index is 1.96. The van der Waals surface area contributed by atoms with Crippen molar-refractivity contribution in [1.82, 2.24) is 0 Å². The quantitative estimate of drug-likeness (QED) is 0.585. The Bertz CT molecular complexity index is 783. The molecular weight excluding hydrogens is 236 g/mol. The van der Waals surface area contributed by atoms with E-state index in [1.807, 2.05) is 54.6 Å². The third-order valence-electron chi connectivity index (χ3n) is 3.28. The maximum atomic E-state index is 5.99. The average Bonchev–Trinajstić information content (AvgIpc) is 2.49. The van der Waals surface area contributed by atoms with E-state index in [2.05, 4.69) is 6.08 Å². The molecule has 0 spiro atoms. The van der Waals surface area contributed by atoms with Gasteiger partial charge >= 0.3 is 11.8 Å². The predicted octanol–water partition coefficient (Wildman–Crippen LogP) is 4.60. The molecule has 2 heterocycles. The first-order chi connectivity index (χ1) is 9.42. The van der Waals surface area contributed by atoms with Crippen molar-refractivity contribution < 1.29 is 9.15 Å². The molecule has 0 saturated carbocycles. The Hall–Kier alpha value is -2.61. The summed E-state index contributed by atoms with van der Waals surface area (Å²) < 4.78 is 11.5. The van der Waals surface area contributed by atoms with Crippen molar-refractivity contribution >= 4 is 22.8 Å². The van der Waals surface area contributed by atoms with Crippen LogP contribution in [0.4, 0.5) is 0 Å². The standard InChI is InChI=1S/C17H11O2/c1-2-5-12(6-3-1)16-11-13-9-10-18-14-7-4-8-15(19-16)17(13)14/h1-11H/q+1. The molecule has 90 valence electrons. The van der Waals surface area contributed by atoms with E-state index in [9.17, 15) is 0 Å². The van der Waals surface area contributed by atoms with E-state index in [1.165, 1.54) is 0 Å². The van der Waals surface area contributed by atoms with Gasteiger partial charge in [0.15, 0.2) is 0 Å². The number of hydrogen-bond donors (Lipinski definition) is 0. The molecule has 2 heteroatoms. The van der Waals surface area contributed by atoms with Crippen LogP contribution in [0.1, 0.15) is 11.1 Å². The molecule has 2 aromatic carbocycles. The Morgan fingerprint density at radius 2 is 1.74 bits per heavy atom. The average molecular weight is 247 g/mol. The summed E-state index contributed by atoms with van der Waals surface area (Å²) in [6.45, 7) is 0. The summed E-state index contributed by atoms with van der Waals surface area (Å²) in [5.74, 6) is 1.71. The fourth-order valence-corrected chi connectivity index (χ4v) is 2.40. The largest absolute Gasteiger partial charge is 0.456 e. The van der Waals surface area contributed by atoms with Crippen molar-refractivity contribution in [3.8, 4) is 5.75 Å². The van der Waals surface area contributed by atoms with Gasteiger partial charge in [-0.1, -0.05) is 30.3 Å². The van der Waals surface area contributed by atoms with E-state index >= 15 is 0 Å². The van der Waals surface area contributed by atoms with Crippen molar-refractivity contribution in [3.63, 3.8) is 0 Å². The van der Waals surface area contributed by atoms with Crippen LogP contribution in [0.3, 0.4) is 0 Å². The first kappa shape index (κ1) is 10.3. The van der Waals surface area contributed by atoms with Gasteiger partial charge < -0.3 is 4.74 Å². The van der Waals surface area contributed by atoms with Crippen LogP contribution in [-0.2, 0) is 0 Å². The number of hydrogen-bond acceptors (Lipinski definition) is 1. The Morgan fingerprint density at radius 3 is 2.63 bits per heavy atom. The van der Waals surface area contributed by atoms with Crippen LogP contribution in [-0.4, -0.2) is 0 Å². The molecule has 0 atom stereocenters. The van der Waals surface area contributed by atoms with E-state index < -0.39 is 0 Å². The minimum atomic E-state index is 0.846. The van der Waals surface area contributed by atoms with Crippen LogP contribution in [0, 0.1) is 0 Å². The van der Waals surface area contributed by atoms with Crippen LogP contribution in [0.15, 0.2) is 65.3 Å². The van der Waals surface area contributed by atoms with Crippen molar-refractivity contribution in [2.45, 2.75) is 0 Å². The zero-order valence-electron chi connectivity index (χ0n) is 10.2. The van der Waals surface area contributed by atoms with Crippen LogP contribution in [0.25, 0.3) is 22.8 Å². The van der Waals surface area contributed by atoms with Crippen molar-refractivity contribution in [2.75, 3.05) is 0 Å². The third kappa shape index (κ3) is 1.61. The second-order valence-electron chi connectivity index (χ2n) is 4.48. The molecule has 1 aromatic heterocycles. The molecule has 0 unspecified atom stereocenters. The summed E-state index contributed by atoms with van der Waals surface area (Å²) in [5.41, 5.74) is 3.05. The first-order valence-electron chi connectivity index (χ1n) is 6.20. The van der Waals surface area contributed by atoms with Gasteiger partial charge in [-0.3, -0.25) is 0 Å². The van der Waals surface area contributed by atoms with Gasteiger partial charge in [-0.15, -0.1) is 0 Å². The minimum Gasteiger partial charge on any atom is -0.456 e. The summed E-state index contributed by atoms with van der Waals surface area (Å²) >= 11 is 0. The second kappa shape index (κ2) is 3.95. The van der Waals surface area contributed by atoms with Crippen molar-refractivity contribution in [1.29, 1.82) is 0 Å². The molecule has 1 aliphatic rings. The second-order valence-corrected chi connectivity index (χ2v) is 4.48. The summed E-state index contributed by atoms with van der Waals surface area (Å²) in [4.78, 5) is 0. The lowest BCUT2D eigenvalue weighted by molar-refractivity contribution is 0.518. The molecular formula is C17H11O2+. The smallest absolute Gasteiger partial charge is 0.364 e.